The van der Waals surface area contributed by atoms with E-state index in [9.17, 15) is 9.59 Å². The third-order valence-electron chi connectivity index (χ3n) is 6.56. The fraction of sp³-hybridized carbons (Fsp3) is 0.692. The zero-order valence-electron chi connectivity index (χ0n) is 18.7. The van der Waals surface area contributed by atoms with Gasteiger partial charge in [-0.3, -0.25) is 0 Å². The van der Waals surface area contributed by atoms with Crippen LogP contribution in [0.15, 0.2) is 24.3 Å². The number of ether oxygens (including phenoxy) is 1. The summed E-state index contributed by atoms with van der Waals surface area (Å²) in [5.41, 5.74) is 0.546. The van der Waals surface area contributed by atoms with Crippen molar-refractivity contribution >= 4 is 11.9 Å². The molecule has 0 spiro atoms. The van der Waals surface area contributed by atoms with Gasteiger partial charge in [0.15, 0.2) is 0 Å². The Bertz CT molecular complexity index is 594. The van der Waals surface area contributed by atoms with Gasteiger partial charge in [-0.15, -0.1) is 0 Å². The third kappa shape index (κ3) is 8.89. The number of carbonyl (C=O) groups is 2. The molecular weight excluding hydrogens is 376 g/mol. The van der Waals surface area contributed by atoms with Gasteiger partial charge >= 0.3 is 11.9 Å². The Labute approximate surface area is 182 Å². The van der Waals surface area contributed by atoms with Crippen LogP contribution >= 0.6 is 0 Å². The molecule has 0 atom stereocenters. The Balaban J connectivity index is 0.000000230. The van der Waals surface area contributed by atoms with Crippen LogP contribution in [0.2, 0.25) is 0 Å². The van der Waals surface area contributed by atoms with Crippen molar-refractivity contribution in [3.05, 3.63) is 35.4 Å². The van der Waals surface area contributed by atoms with Crippen LogP contribution in [0, 0.1) is 11.8 Å². The summed E-state index contributed by atoms with van der Waals surface area (Å²) in [6.07, 6.45) is 19.6. The summed E-state index contributed by atoms with van der Waals surface area (Å²) in [7, 11) is 0. The molecule has 0 heterocycles. The molecule has 0 unspecified atom stereocenters. The van der Waals surface area contributed by atoms with E-state index >= 15 is 0 Å². The molecule has 0 bridgehead atoms. The second kappa shape index (κ2) is 14.2. The molecule has 168 valence electrons. The highest BCUT2D eigenvalue weighted by atomic mass is 16.5. The maximum atomic E-state index is 11.6. The Hall–Kier alpha value is -1.84. The smallest absolute Gasteiger partial charge is 0.338 e. The van der Waals surface area contributed by atoms with E-state index in [-0.39, 0.29) is 5.56 Å². The lowest BCUT2D eigenvalue weighted by Gasteiger charge is -2.32. The highest BCUT2D eigenvalue weighted by Crippen LogP contribution is 2.37. The summed E-state index contributed by atoms with van der Waals surface area (Å²) in [6, 6.07) is 5.74. The molecule has 1 aromatic rings. The monoisotopic (exact) mass is 416 g/mol. The molecule has 0 radical (unpaired) electrons. The van der Waals surface area contributed by atoms with Crippen molar-refractivity contribution < 1.29 is 19.4 Å². The van der Waals surface area contributed by atoms with E-state index in [4.69, 9.17) is 9.84 Å². The van der Waals surface area contributed by atoms with E-state index in [0.717, 1.165) is 37.5 Å². The molecule has 1 aromatic carbocycles. The molecule has 1 N–H and O–H groups in total. The Morgan fingerprint density at radius 3 is 1.77 bits per heavy atom. The number of hydrogen-bond acceptors (Lipinski definition) is 3. The van der Waals surface area contributed by atoms with Crippen molar-refractivity contribution in [3.63, 3.8) is 0 Å². The first-order chi connectivity index (χ1) is 14.6. The van der Waals surface area contributed by atoms with Crippen molar-refractivity contribution in [1.29, 1.82) is 0 Å². The molecule has 4 nitrogen and oxygen atoms in total. The van der Waals surface area contributed by atoms with E-state index in [0.29, 0.717) is 12.2 Å². The van der Waals surface area contributed by atoms with Gasteiger partial charge in [-0.2, -0.15) is 0 Å². The fourth-order valence-corrected chi connectivity index (χ4v) is 4.74. The van der Waals surface area contributed by atoms with Crippen LogP contribution in [0.1, 0.15) is 118 Å². The van der Waals surface area contributed by atoms with Gasteiger partial charge in [0.05, 0.1) is 17.7 Å². The second-order valence-corrected chi connectivity index (χ2v) is 8.88. The van der Waals surface area contributed by atoms with Crippen LogP contribution < -0.4 is 0 Å². The number of benzene rings is 1. The van der Waals surface area contributed by atoms with Gasteiger partial charge in [0.2, 0.25) is 0 Å². The zero-order valence-corrected chi connectivity index (χ0v) is 18.7. The molecule has 0 aliphatic heterocycles. The SMILES string of the molecule is C1CCC(C2CCCCC2)CC1.CCCCCCOC(=O)c1ccc(C(=O)O)cc1. The molecule has 4 heteroatoms. The maximum absolute atomic E-state index is 11.6. The molecule has 0 amide bonds. The maximum Gasteiger partial charge on any atom is 0.338 e. The standard InChI is InChI=1S/C14H18O4.C12H22/c1-2-3-4-5-10-18-14(17)12-8-6-11(7-9-12)13(15)16;1-3-7-11(8-4-1)12-9-5-2-6-10-12/h6-9H,2-5,10H2,1H3,(H,15,16);11-12H,1-10H2. The van der Waals surface area contributed by atoms with Crippen LogP contribution in [0.4, 0.5) is 0 Å². The first-order valence-corrected chi connectivity index (χ1v) is 12.1. The zero-order chi connectivity index (χ0) is 21.6. The van der Waals surface area contributed by atoms with Gasteiger partial charge in [0, 0.05) is 0 Å². The normalized spacial score (nSPS) is 17.6. The van der Waals surface area contributed by atoms with E-state index in [1.807, 2.05) is 0 Å². The predicted octanol–water partition coefficient (Wildman–Crippen LogP) is 7.27. The van der Waals surface area contributed by atoms with Gasteiger partial charge < -0.3 is 9.84 Å². The number of unbranched alkanes of at least 4 members (excludes halogenated alkanes) is 3. The van der Waals surface area contributed by atoms with Crippen molar-refractivity contribution in [3.8, 4) is 0 Å². The number of esters is 1. The van der Waals surface area contributed by atoms with Crippen LogP contribution in [-0.4, -0.2) is 23.7 Å². The van der Waals surface area contributed by atoms with E-state index in [1.165, 1.54) is 62.8 Å². The molecule has 30 heavy (non-hydrogen) atoms. The first kappa shape index (κ1) is 24.4. The minimum absolute atomic E-state index is 0.162. The summed E-state index contributed by atoms with van der Waals surface area (Å²) in [4.78, 5) is 22.2. The van der Waals surface area contributed by atoms with Crippen LogP contribution in [0.3, 0.4) is 0 Å². The molecular formula is C26H40O4. The van der Waals surface area contributed by atoms with Crippen molar-refractivity contribution in [2.24, 2.45) is 11.8 Å². The lowest BCUT2D eigenvalue weighted by atomic mass is 9.73. The summed E-state index contributed by atoms with van der Waals surface area (Å²) < 4.78 is 5.09. The van der Waals surface area contributed by atoms with Crippen LogP contribution in [0.25, 0.3) is 0 Å². The number of aromatic carboxylic acids is 1. The summed E-state index contributed by atoms with van der Waals surface area (Å²) in [5.74, 6) is 0.871. The predicted molar refractivity (Wildman–Crippen MR) is 121 cm³/mol. The molecule has 0 saturated heterocycles. The summed E-state index contributed by atoms with van der Waals surface area (Å²) in [6.45, 7) is 2.54. The molecule has 3 rings (SSSR count). The van der Waals surface area contributed by atoms with Gasteiger partial charge in [-0.05, 0) is 42.5 Å². The number of carboxylic acid groups (broad SMARTS) is 1. The van der Waals surface area contributed by atoms with Gasteiger partial charge in [0.1, 0.15) is 0 Å². The molecule has 2 saturated carbocycles. The largest absolute Gasteiger partial charge is 0.478 e. The lowest BCUT2D eigenvalue weighted by Crippen LogP contribution is -2.20. The van der Waals surface area contributed by atoms with Crippen molar-refractivity contribution in [2.75, 3.05) is 6.61 Å². The Kier molecular flexibility index (Phi) is 11.6. The van der Waals surface area contributed by atoms with Crippen LogP contribution in [-0.2, 0) is 4.74 Å². The number of carbonyl (C=O) groups excluding carboxylic acids is 1. The average molecular weight is 417 g/mol. The van der Waals surface area contributed by atoms with Gasteiger partial charge in [-0.25, -0.2) is 9.59 Å². The Morgan fingerprint density at radius 2 is 1.30 bits per heavy atom. The molecule has 2 aliphatic carbocycles. The molecule has 0 aromatic heterocycles. The van der Waals surface area contributed by atoms with E-state index in [2.05, 4.69) is 6.92 Å². The first-order valence-electron chi connectivity index (χ1n) is 12.1. The topological polar surface area (TPSA) is 63.6 Å². The van der Waals surface area contributed by atoms with Gasteiger partial charge in [-0.1, -0.05) is 90.4 Å². The van der Waals surface area contributed by atoms with Crippen molar-refractivity contribution in [1.82, 2.24) is 0 Å². The fourth-order valence-electron chi connectivity index (χ4n) is 4.74. The minimum atomic E-state index is -1.01. The van der Waals surface area contributed by atoms with E-state index < -0.39 is 11.9 Å². The highest BCUT2D eigenvalue weighted by Gasteiger charge is 2.24. The van der Waals surface area contributed by atoms with Crippen LogP contribution in [0.5, 0.6) is 0 Å². The summed E-state index contributed by atoms with van der Waals surface area (Å²) in [5, 5.41) is 8.72. The lowest BCUT2D eigenvalue weighted by molar-refractivity contribution is 0.0496. The van der Waals surface area contributed by atoms with E-state index in [1.54, 1.807) is 25.7 Å². The van der Waals surface area contributed by atoms with Gasteiger partial charge in [0.25, 0.3) is 0 Å². The number of rotatable bonds is 8. The van der Waals surface area contributed by atoms with Crippen molar-refractivity contribution in [2.45, 2.75) is 96.8 Å². The minimum Gasteiger partial charge on any atom is -0.478 e. The number of hydrogen-bond donors (Lipinski definition) is 1. The second-order valence-electron chi connectivity index (χ2n) is 8.88. The summed E-state index contributed by atoms with van der Waals surface area (Å²) >= 11 is 0. The molecule has 2 fully saturated rings. The molecule has 2 aliphatic rings. The number of carboxylic acids is 1. The quantitative estimate of drug-likeness (QED) is 0.357. The highest BCUT2D eigenvalue weighted by molar-refractivity contribution is 5.92. The Morgan fingerprint density at radius 1 is 0.800 bits per heavy atom. The third-order valence-corrected chi connectivity index (χ3v) is 6.56. The average Bonchev–Trinajstić information content (AvgIpc) is 2.80.